The summed E-state index contributed by atoms with van der Waals surface area (Å²) in [4.78, 5) is 0. The smallest absolute Gasteiger partial charge is 0.0991 e. The monoisotopic (exact) mass is 598 g/mol. The molecule has 218 valence electrons. The molecule has 3 heterocycles. The van der Waals surface area contributed by atoms with Gasteiger partial charge in [0.2, 0.25) is 0 Å². The Morgan fingerprint density at radius 1 is 0.340 bits per heavy atom. The largest absolute Gasteiger partial charge is 0.309 e. The first-order chi connectivity index (χ1) is 23.3. The van der Waals surface area contributed by atoms with Crippen LogP contribution in [0.25, 0.3) is 82.5 Å². The Morgan fingerprint density at radius 3 is 1.23 bits per heavy atom. The van der Waals surface area contributed by atoms with Crippen LogP contribution in [-0.2, 0) is 0 Å². The Hall–Kier alpha value is -6.57. The third-order valence-electron chi connectivity index (χ3n) is 9.64. The molecule has 0 aliphatic rings. The van der Waals surface area contributed by atoms with E-state index >= 15 is 0 Å². The first-order valence-electron chi connectivity index (χ1n) is 15.9. The highest BCUT2D eigenvalue weighted by molar-refractivity contribution is 6.31. The van der Waals surface area contributed by atoms with Crippen LogP contribution in [0.15, 0.2) is 158 Å². The van der Waals surface area contributed by atoms with Gasteiger partial charge in [-0.1, -0.05) is 84.9 Å². The molecule has 47 heavy (non-hydrogen) atoms. The summed E-state index contributed by atoms with van der Waals surface area (Å²) in [5, 5.41) is 16.9. The van der Waals surface area contributed by atoms with Crippen LogP contribution in [0.1, 0.15) is 5.56 Å². The molecular weight excluding hydrogens is 573 g/mol. The molecule has 0 unspecified atom stereocenters. The molecule has 3 aromatic heterocycles. The minimum absolute atomic E-state index is 0.645. The Kier molecular flexibility index (Phi) is 5.32. The second-order valence-electron chi connectivity index (χ2n) is 12.1. The summed E-state index contributed by atoms with van der Waals surface area (Å²) < 4.78 is 7.20. The fourth-order valence-corrected chi connectivity index (χ4v) is 7.75. The molecule has 4 heteroatoms. The molecule has 0 fully saturated rings. The first kappa shape index (κ1) is 25.7. The summed E-state index contributed by atoms with van der Waals surface area (Å²) in [6, 6.07) is 58.1. The topological polar surface area (TPSA) is 38.6 Å². The summed E-state index contributed by atoms with van der Waals surface area (Å²) >= 11 is 0. The van der Waals surface area contributed by atoms with Gasteiger partial charge in [-0.25, -0.2) is 0 Å². The molecule has 0 saturated heterocycles. The maximum atomic E-state index is 9.68. The van der Waals surface area contributed by atoms with E-state index in [2.05, 4.69) is 165 Å². The second kappa shape index (κ2) is 9.71. The van der Waals surface area contributed by atoms with Gasteiger partial charge in [0.15, 0.2) is 0 Å². The molecule has 0 N–H and O–H groups in total. The molecule has 0 bridgehead atoms. The van der Waals surface area contributed by atoms with E-state index in [0.717, 1.165) is 39.1 Å². The number of nitrogens with zero attached hydrogens (tertiary/aromatic N) is 4. The summed E-state index contributed by atoms with van der Waals surface area (Å²) in [6.07, 6.45) is 0. The zero-order chi connectivity index (χ0) is 31.1. The molecule has 0 aliphatic carbocycles. The lowest BCUT2D eigenvalue weighted by molar-refractivity contribution is 1.17. The van der Waals surface area contributed by atoms with Crippen LogP contribution in [0.5, 0.6) is 0 Å². The average Bonchev–Trinajstić information content (AvgIpc) is 3.78. The molecule has 10 rings (SSSR count). The predicted octanol–water partition coefficient (Wildman–Crippen LogP) is 10.8. The minimum atomic E-state index is 0.645. The number of para-hydroxylation sites is 4. The highest BCUT2D eigenvalue weighted by Gasteiger charge is 2.24. The van der Waals surface area contributed by atoms with E-state index in [1.165, 1.54) is 43.4 Å². The lowest BCUT2D eigenvalue weighted by Gasteiger charge is -2.11. The van der Waals surface area contributed by atoms with E-state index in [-0.39, 0.29) is 0 Å². The molecule has 7 aromatic carbocycles. The van der Waals surface area contributed by atoms with Crippen molar-refractivity contribution >= 4 is 65.4 Å². The highest BCUT2D eigenvalue weighted by atomic mass is 15.0. The van der Waals surface area contributed by atoms with E-state index in [9.17, 15) is 5.26 Å². The van der Waals surface area contributed by atoms with Gasteiger partial charge in [0.1, 0.15) is 0 Å². The summed E-state index contributed by atoms with van der Waals surface area (Å²) in [6.45, 7) is 0. The molecule has 4 nitrogen and oxygen atoms in total. The number of nitriles is 1. The fourth-order valence-electron chi connectivity index (χ4n) is 7.75. The van der Waals surface area contributed by atoms with E-state index in [0.29, 0.717) is 5.56 Å². The van der Waals surface area contributed by atoms with Crippen LogP contribution in [-0.4, -0.2) is 13.7 Å². The van der Waals surface area contributed by atoms with Crippen molar-refractivity contribution in [2.75, 3.05) is 0 Å². The van der Waals surface area contributed by atoms with Gasteiger partial charge in [-0.3, -0.25) is 0 Å². The van der Waals surface area contributed by atoms with E-state index < -0.39 is 0 Å². The summed E-state index contributed by atoms with van der Waals surface area (Å²) in [5.74, 6) is 0. The summed E-state index contributed by atoms with van der Waals surface area (Å²) in [5.41, 5.74) is 10.9. The lowest BCUT2D eigenvalue weighted by atomic mass is 10.1. The minimum Gasteiger partial charge on any atom is -0.309 e. The molecular formula is C43H26N4. The molecule has 0 amide bonds. The van der Waals surface area contributed by atoms with Gasteiger partial charge in [-0.2, -0.15) is 5.26 Å². The van der Waals surface area contributed by atoms with Crippen LogP contribution in [0, 0.1) is 11.3 Å². The van der Waals surface area contributed by atoms with Gasteiger partial charge in [-0.15, -0.1) is 0 Å². The molecule has 0 aliphatic heterocycles. The number of fused-ring (bicyclic) bond motifs is 11. The van der Waals surface area contributed by atoms with Gasteiger partial charge >= 0.3 is 0 Å². The molecule has 10 aromatic rings. The van der Waals surface area contributed by atoms with Crippen LogP contribution < -0.4 is 0 Å². The van der Waals surface area contributed by atoms with Crippen molar-refractivity contribution in [2.24, 2.45) is 0 Å². The molecule has 0 atom stereocenters. The van der Waals surface area contributed by atoms with Gasteiger partial charge in [-0.05, 0) is 72.8 Å². The van der Waals surface area contributed by atoms with Crippen molar-refractivity contribution in [3.8, 4) is 23.1 Å². The van der Waals surface area contributed by atoms with Crippen molar-refractivity contribution in [2.45, 2.75) is 0 Å². The number of rotatable bonds is 3. The first-order valence-corrected chi connectivity index (χ1v) is 15.9. The standard InChI is InChI=1S/C43H26N4/c44-27-28-19-21-31(22-20-28)47-42-32(23-25-38-40(42)34-15-7-9-17-36(34)45(38)29-11-3-1-4-12-29)33-24-26-39-41(43(33)47)35-16-8-10-18-37(35)46(39)30-13-5-2-6-14-30/h1-26H. The highest BCUT2D eigenvalue weighted by Crippen LogP contribution is 2.46. The third kappa shape index (κ3) is 3.51. The van der Waals surface area contributed by atoms with E-state index in [1.54, 1.807) is 0 Å². The number of benzene rings is 7. The Morgan fingerprint density at radius 2 is 0.766 bits per heavy atom. The lowest BCUT2D eigenvalue weighted by Crippen LogP contribution is -1.96. The fraction of sp³-hybridized carbons (Fsp3) is 0. The van der Waals surface area contributed by atoms with Crippen molar-refractivity contribution in [3.05, 3.63) is 163 Å². The van der Waals surface area contributed by atoms with Crippen LogP contribution in [0.2, 0.25) is 0 Å². The van der Waals surface area contributed by atoms with Crippen molar-refractivity contribution in [1.29, 1.82) is 5.26 Å². The quantitative estimate of drug-likeness (QED) is 0.199. The predicted molar refractivity (Wildman–Crippen MR) is 194 cm³/mol. The average molecular weight is 599 g/mol. The van der Waals surface area contributed by atoms with Crippen molar-refractivity contribution in [1.82, 2.24) is 13.7 Å². The molecule has 0 saturated carbocycles. The SMILES string of the molecule is N#Cc1ccc(-n2c3c(ccc4c3c3ccccc3n4-c3ccccc3)c3ccc4c(c5ccccc5n4-c4ccccc4)c32)cc1. The van der Waals surface area contributed by atoms with Gasteiger partial charge in [0.05, 0.1) is 44.7 Å². The van der Waals surface area contributed by atoms with Gasteiger partial charge in [0.25, 0.3) is 0 Å². The zero-order valence-corrected chi connectivity index (χ0v) is 25.3. The number of hydrogen-bond donors (Lipinski definition) is 0. The van der Waals surface area contributed by atoms with Crippen LogP contribution in [0.3, 0.4) is 0 Å². The van der Waals surface area contributed by atoms with Crippen LogP contribution in [0.4, 0.5) is 0 Å². The van der Waals surface area contributed by atoms with Gasteiger partial charge in [0, 0.05) is 49.4 Å². The Labute approximate surface area is 270 Å². The molecule has 0 spiro atoms. The number of hydrogen-bond acceptors (Lipinski definition) is 1. The van der Waals surface area contributed by atoms with E-state index in [4.69, 9.17) is 0 Å². The summed E-state index contributed by atoms with van der Waals surface area (Å²) in [7, 11) is 0. The maximum Gasteiger partial charge on any atom is 0.0991 e. The Balaban J connectivity index is 1.47. The van der Waals surface area contributed by atoms with Crippen LogP contribution >= 0.6 is 0 Å². The maximum absolute atomic E-state index is 9.68. The van der Waals surface area contributed by atoms with E-state index in [1.807, 2.05) is 12.1 Å². The third-order valence-corrected chi connectivity index (χ3v) is 9.64. The van der Waals surface area contributed by atoms with Crippen molar-refractivity contribution in [3.63, 3.8) is 0 Å². The van der Waals surface area contributed by atoms with Gasteiger partial charge < -0.3 is 13.7 Å². The normalized spacial score (nSPS) is 11.8. The second-order valence-corrected chi connectivity index (χ2v) is 12.1. The molecule has 0 radical (unpaired) electrons. The zero-order valence-electron chi connectivity index (χ0n) is 25.3. The Bertz CT molecular complexity index is 2710. The van der Waals surface area contributed by atoms with Crippen molar-refractivity contribution < 1.29 is 0 Å². The number of aromatic nitrogens is 3.